The van der Waals surface area contributed by atoms with E-state index in [0.717, 1.165) is 12.8 Å². The second-order valence-corrected chi connectivity index (χ2v) is 4.63. The number of nitrogens with one attached hydrogen (secondary N) is 1. The number of likely N-dealkylation sites (N-methyl/N-ethyl adjacent to an activating group) is 2. The third-order valence-electron chi connectivity index (χ3n) is 3.94. The van der Waals surface area contributed by atoms with Crippen molar-refractivity contribution >= 4 is 0 Å². The van der Waals surface area contributed by atoms with Gasteiger partial charge >= 0.3 is 0 Å². The van der Waals surface area contributed by atoms with Crippen LogP contribution in [-0.4, -0.2) is 37.1 Å². The SMILES string of the molecule is CNC1(C)CC=CCC1(C)N(C)C. The molecule has 2 atom stereocenters. The molecule has 0 bridgehead atoms. The van der Waals surface area contributed by atoms with Crippen molar-refractivity contribution in [3.63, 3.8) is 0 Å². The lowest BCUT2D eigenvalue weighted by molar-refractivity contribution is 0.0581. The molecule has 0 aromatic rings. The first kappa shape index (κ1) is 10.7. The van der Waals surface area contributed by atoms with Crippen LogP contribution in [0.1, 0.15) is 26.7 Å². The van der Waals surface area contributed by atoms with Crippen molar-refractivity contribution in [2.45, 2.75) is 37.8 Å². The number of nitrogens with zero attached hydrogens (tertiary/aromatic N) is 1. The van der Waals surface area contributed by atoms with Crippen LogP contribution < -0.4 is 5.32 Å². The van der Waals surface area contributed by atoms with Crippen LogP contribution in [0.2, 0.25) is 0 Å². The van der Waals surface area contributed by atoms with Gasteiger partial charge in [0.2, 0.25) is 0 Å². The van der Waals surface area contributed by atoms with Crippen molar-refractivity contribution in [1.82, 2.24) is 10.2 Å². The molecular formula is C11H22N2. The normalized spacial score (nSPS) is 39.8. The van der Waals surface area contributed by atoms with Crippen molar-refractivity contribution < 1.29 is 0 Å². The van der Waals surface area contributed by atoms with Crippen LogP contribution in [0.3, 0.4) is 0 Å². The van der Waals surface area contributed by atoms with Gasteiger partial charge in [-0.3, -0.25) is 0 Å². The minimum absolute atomic E-state index is 0.186. The molecule has 0 aromatic heterocycles. The molecular weight excluding hydrogens is 160 g/mol. The van der Waals surface area contributed by atoms with E-state index in [0.29, 0.717) is 0 Å². The molecule has 0 saturated heterocycles. The first-order valence-electron chi connectivity index (χ1n) is 4.97. The summed E-state index contributed by atoms with van der Waals surface area (Å²) in [6.07, 6.45) is 6.80. The summed E-state index contributed by atoms with van der Waals surface area (Å²) in [7, 11) is 6.38. The lowest BCUT2D eigenvalue weighted by atomic mass is 9.71. The summed E-state index contributed by atoms with van der Waals surface area (Å²) in [5.74, 6) is 0. The van der Waals surface area contributed by atoms with Gasteiger partial charge in [-0.15, -0.1) is 0 Å². The van der Waals surface area contributed by atoms with Gasteiger partial charge in [0, 0.05) is 11.1 Å². The highest BCUT2D eigenvalue weighted by atomic mass is 15.2. The Hall–Kier alpha value is -0.340. The lowest BCUT2D eigenvalue weighted by Gasteiger charge is -2.52. The fourth-order valence-corrected chi connectivity index (χ4v) is 2.12. The molecule has 0 aromatic carbocycles. The topological polar surface area (TPSA) is 15.3 Å². The molecule has 13 heavy (non-hydrogen) atoms. The van der Waals surface area contributed by atoms with E-state index >= 15 is 0 Å². The van der Waals surface area contributed by atoms with Gasteiger partial charge in [-0.1, -0.05) is 12.2 Å². The van der Waals surface area contributed by atoms with E-state index in [1.807, 2.05) is 0 Å². The zero-order valence-electron chi connectivity index (χ0n) is 9.52. The molecule has 76 valence electrons. The predicted molar refractivity (Wildman–Crippen MR) is 57.9 cm³/mol. The maximum atomic E-state index is 3.46. The second kappa shape index (κ2) is 3.43. The summed E-state index contributed by atoms with van der Waals surface area (Å²) < 4.78 is 0. The predicted octanol–water partition coefficient (Wildman–Crippen LogP) is 1.63. The fourth-order valence-electron chi connectivity index (χ4n) is 2.12. The van der Waals surface area contributed by atoms with Crippen molar-refractivity contribution in [2.24, 2.45) is 0 Å². The molecule has 0 amide bonds. The molecule has 2 heteroatoms. The first-order valence-corrected chi connectivity index (χ1v) is 4.97. The molecule has 1 N–H and O–H groups in total. The summed E-state index contributed by atoms with van der Waals surface area (Å²) >= 11 is 0. The van der Waals surface area contributed by atoms with Gasteiger partial charge < -0.3 is 10.2 Å². The van der Waals surface area contributed by atoms with Crippen molar-refractivity contribution in [2.75, 3.05) is 21.1 Å². The van der Waals surface area contributed by atoms with E-state index < -0.39 is 0 Å². The van der Waals surface area contributed by atoms with Gasteiger partial charge in [-0.2, -0.15) is 0 Å². The third kappa shape index (κ3) is 1.53. The first-order chi connectivity index (χ1) is 5.96. The van der Waals surface area contributed by atoms with Crippen molar-refractivity contribution in [3.05, 3.63) is 12.2 Å². The van der Waals surface area contributed by atoms with Gasteiger partial charge in [0.25, 0.3) is 0 Å². The van der Waals surface area contributed by atoms with E-state index in [2.05, 4.69) is 57.4 Å². The Labute approximate surface area is 82.0 Å². The summed E-state index contributed by atoms with van der Waals surface area (Å²) in [6.45, 7) is 4.63. The average Bonchev–Trinajstić information content (AvgIpc) is 2.10. The maximum absolute atomic E-state index is 3.46. The Bertz CT molecular complexity index is 210. The smallest absolute Gasteiger partial charge is 0.0391 e. The highest BCUT2D eigenvalue weighted by Crippen LogP contribution is 2.36. The second-order valence-electron chi connectivity index (χ2n) is 4.63. The molecule has 0 saturated carbocycles. The minimum atomic E-state index is 0.186. The highest BCUT2D eigenvalue weighted by Gasteiger charge is 2.45. The largest absolute Gasteiger partial charge is 0.313 e. The lowest BCUT2D eigenvalue weighted by Crippen LogP contribution is -2.65. The fraction of sp³-hybridized carbons (Fsp3) is 0.818. The van der Waals surface area contributed by atoms with Crippen LogP contribution in [-0.2, 0) is 0 Å². The quantitative estimate of drug-likeness (QED) is 0.653. The summed E-state index contributed by atoms with van der Waals surface area (Å²) in [4.78, 5) is 2.33. The molecule has 1 aliphatic rings. The van der Waals surface area contributed by atoms with Crippen LogP contribution in [0.25, 0.3) is 0 Å². The van der Waals surface area contributed by atoms with Crippen LogP contribution in [0, 0.1) is 0 Å². The summed E-state index contributed by atoms with van der Waals surface area (Å²) in [5.41, 5.74) is 0.405. The molecule has 1 aliphatic carbocycles. The van der Waals surface area contributed by atoms with E-state index in [9.17, 15) is 0 Å². The van der Waals surface area contributed by atoms with Crippen LogP contribution in [0.5, 0.6) is 0 Å². The van der Waals surface area contributed by atoms with Gasteiger partial charge in [0.1, 0.15) is 0 Å². The standard InChI is InChI=1S/C11H22N2/c1-10(12-3)8-6-7-9-11(10,2)13(4)5/h6-7,12H,8-9H2,1-5H3. The van der Waals surface area contributed by atoms with Gasteiger partial charge in [-0.05, 0) is 47.8 Å². The molecule has 0 radical (unpaired) electrons. The Morgan fingerprint density at radius 3 is 2.08 bits per heavy atom. The zero-order chi connectivity index (χ0) is 10.1. The van der Waals surface area contributed by atoms with Gasteiger partial charge in [0.05, 0.1) is 0 Å². The highest BCUT2D eigenvalue weighted by molar-refractivity contribution is 5.15. The van der Waals surface area contributed by atoms with E-state index in [4.69, 9.17) is 0 Å². The zero-order valence-corrected chi connectivity index (χ0v) is 9.52. The van der Waals surface area contributed by atoms with E-state index in [1.165, 1.54) is 0 Å². The Morgan fingerprint density at radius 1 is 1.15 bits per heavy atom. The maximum Gasteiger partial charge on any atom is 0.0391 e. The molecule has 2 unspecified atom stereocenters. The average molecular weight is 182 g/mol. The van der Waals surface area contributed by atoms with Gasteiger partial charge in [-0.25, -0.2) is 0 Å². The molecule has 0 heterocycles. The van der Waals surface area contributed by atoms with E-state index in [1.54, 1.807) is 0 Å². The molecule has 0 spiro atoms. The van der Waals surface area contributed by atoms with Gasteiger partial charge in [0.15, 0.2) is 0 Å². The van der Waals surface area contributed by atoms with Crippen LogP contribution >= 0.6 is 0 Å². The molecule has 2 nitrogen and oxygen atoms in total. The Kier molecular flexibility index (Phi) is 2.83. The molecule has 1 rings (SSSR count). The Morgan fingerprint density at radius 2 is 1.69 bits per heavy atom. The third-order valence-corrected chi connectivity index (χ3v) is 3.94. The van der Waals surface area contributed by atoms with Crippen molar-refractivity contribution in [1.29, 1.82) is 0 Å². The summed E-state index contributed by atoms with van der Waals surface area (Å²) in [6, 6.07) is 0. The van der Waals surface area contributed by atoms with E-state index in [-0.39, 0.29) is 11.1 Å². The van der Waals surface area contributed by atoms with Crippen LogP contribution in [0.4, 0.5) is 0 Å². The summed E-state index contributed by atoms with van der Waals surface area (Å²) in [5, 5.41) is 3.46. The van der Waals surface area contributed by atoms with Crippen molar-refractivity contribution in [3.8, 4) is 0 Å². The number of hydrogen-bond acceptors (Lipinski definition) is 2. The van der Waals surface area contributed by atoms with Crippen LogP contribution in [0.15, 0.2) is 12.2 Å². The Balaban J connectivity index is 2.99. The number of hydrogen-bond donors (Lipinski definition) is 1. The molecule has 0 aliphatic heterocycles. The monoisotopic (exact) mass is 182 g/mol. The molecule has 0 fully saturated rings. The minimum Gasteiger partial charge on any atom is -0.313 e. The number of rotatable bonds is 2.